The van der Waals surface area contributed by atoms with Crippen LogP contribution in [0.2, 0.25) is 0 Å². The Bertz CT molecular complexity index is 673. The molecule has 2 rings (SSSR count). The fourth-order valence-corrected chi connectivity index (χ4v) is 1.87. The first-order valence-corrected chi connectivity index (χ1v) is 6.14. The van der Waals surface area contributed by atoms with Crippen molar-refractivity contribution >= 4 is 17.5 Å². The third-order valence-electron chi connectivity index (χ3n) is 2.86. The number of rotatable bonds is 5. The molecular weight excluding hydrogens is 274 g/mol. The van der Waals surface area contributed by atoms with Crippen LogP contribution < -0.4 is 5.32 Å². The molecule has 0 fully saturated rings. The van der Waals surface area contributed by atoms with Crippen molar-refractivity contribution in [3.05, 3.63) is 63.8 Å². The smallest absolute Gasteiger partial charge is 0.330 e. The average Bonchev–Trinajstić information content (AvgIpc) is 2.46. The maximum atomic E-state index is 11.4. The van der Waals surface area contributed by atoms with Gasteiger partial charge in [0.1, 0.15) is 0 Å². The van der Waals surface area contributed by atoms with Crippen molar-refractivity contribution in [1.29, 1.82) is 0 Å². The molecule has 1 heterocycles. The topological polar surface area (TPSA) is 105 Å². The van der Waals surface area contributed by atoms with Gasteiger partial charge in [0.05, 0.1) is 4.92 Å². The second-order valence-corrected chi connectivity index (χ2v) is 4.46. The molecule has 21 heavy (non-hydrogen) atoms. The van der Waals surface area contributed by atoms with Crippen LogP contribution in [-0.4, -0.2) is 21.0 Å². The third kappa shape index (κ3) is 3.33. The van der Waals surface area contributed by atoms with Crippen LogP contribution in [0.3, 0.4) is 0 Å². The van der Waals surface area contributed by atoms with E-state index in [4.69, 9.17) is 0 Å². The van der Waals surface area contributed by atoms with Gasteiger partial charge in [0, 0.05) is 12.3 Å². The summed E-state index contributed by atoms with van der Waals surface area (Å²) in [4.78, 5) is 25.8. The summed E-state index contributed by atoms with van der Waals surface area (Å²) in [6.45, 7) is 1.68. The first-order valence-electron chi connectivity index (χ1n) is 6.14. The van der Waals surface area contributed by atoms with Gasteiger partial charge >= 0.3 is 11.7 Å². The van der Waals surface area contributed by atoms with Crippen LogP contribution in [0.4, 0.5) is 11.5 Å². The van der Waals surface area contributed by atoms with Crippen molar-refractivity contribution in [2.75, 3.05) is 5.32 Å². The van der Waals surface area contributed by atoms with Crippen LogP contribution in [0.15, 0.2) is 42.6 Å². The number of carboxylic acid groups (broad SMARTS) is 1. The summed E-state index contributed by atoms with van der Waals surface area (Å²) in [6.07, 6.45) is 1.44. The molecule has 2 N–H and O–H groups in total. The molecule has 1 unspecified atom stereocenters. The van der Waals surface area contributed by atoms with E-state index >= 15 is 0 Å². The Morgan fingerprint density at radius 3 is 2.62 bits per heavy atom. The van der Waals surface area contributed by atoms with Crippen molar-refractivity contribution < 1.29 is 14.8 Å². The fourth-order valence-electron chi connectivity index (χ4n) is 1.87. The van der Waals surface area contributed by atoms with E-state index in [1.54, 1.807) is 37.3 Å². The summed E-state index contributed by atoms with van der Waals surface area (Å²) in [7, 11) is 0. The minimum atomic E-state index is -1.14. The Kier molecular flexibility index (Phi) is 4.13. The molecule has 0 saturated heterocycles. The number of nitrogens with one attached hydrogen (secondary N) is 1. The minimum absolute atomic E-state index is 0.0677. The Labute approximate surface area is 120 Å². The average molecular weight is 287 g/mol. The Balaban J connectivity index is 2.39. The molecule has 0 aliphatic heterocycles. The van der Waals surface area contributed by atoms with E-state index in [1.165, 1.54) is 12.3 Å². The number of pyridine rings is 1. The number of nitro groups is 1. The van der Waals surface area contributed by atoms with Gasteiger partial charge in [-0.25, -0.2) is 9.78 Å². The van der Waals surface area contributed by atoms with Gasteiger partial charge in [-0.1, -0.05) is 30.3 Å². The number of aliphatic carboxylic acids is 1. The summed E-state index contributed by atoms with van der Waals surface area (Å²) in [6, 6.07) is 8.65. The van der Waals surface area contributed by atoms with Gasteiger partial charge in [0.25, 0.3) is 0 Å². The highest BCUT2D eigenvalue weighted by Gasteiger charge is 2.24. The molecule has 1 aromatic carbocycles. The minimum Gasteiger partial charge on any atom is -0.479 e. The standard InChI is InChI=1S/C14H13N3O4/c1-9-7-11(17(20)21)13(15-8-9)16-12(14(18)19)10-5-3-2-4-6-10/h2-8,12H,1H3,(H,15,16)(H,18,19). The number of benzene rings is 1. The van der Waals surface area contributed by atoms with Gasteiger partial charge in [0.15, 0.2) is 6.04 Å². The number of nitrogens with zero attached hydrogens (tertiary/aromatic N) is 2. The molecule has 7 heteroatoms. The van der Waals surface area contributed by atoms with Gasteiger partial charge in [-0.15, -0.1) is 0 Å². The normalized spacial score (nSPS) is 11.7. The van der Waals surface area contributed by atoms with Gasteiger partial charge in [-0.05, 0) is 18.1 Å². The maximum Gasteiger partial charge on any atom is 0.330 e. The van der Waals surface area contributed by atoms with Crippen molar-refractivity contribution in [3.8, 4) is 0 Å². The van der Waals surface area contributed by atoms with Crippen LogP contribution >= 0.6 is 0 Å². The molecule has 0 saturated carbocycles. The molecule has 7 nitrogen and oxygen atoms in total. The highest BCUT2D eigenvalue weighted by atomic mass is 16.6. The fraction of sp³-hybridized carbons (Fsp3) is 0.143. The molecule has 0 aliphatic carbocycles. The quantitative estimate of drug-likeness (QED) is 0.646. The largest absolute Gasteiger partial charge is 0.479 e. The summed E-state index contributed by atoms with van der Waals surface area (Å²) in [5.41, 5.74) is 0.859. The Hall–Kier alpha value is -2.96. The molecule has 0 amide bonds. The maximum absolute atomic E-state index is 11.4. The summed E-state index contributed by atoms with van der Waals surface area (Å²) in [5.74, 6) is -1.21. The van der Waals surface area contributed by atoms with Gasteiger partial charge in [-0.3, -0.25) is 10.1 Å². The van der Waals surface area contributed by atoms with Crippen molar-refractivity contribution in [2.45, 2.75) is 13.0 Å². The third-order valence-corrected chi connectivity index (χ3v) is 2.86. The van der Waals surface area contributed by atoms with Gasteiger partial charge in [0.2, 0.25) is 5.82 Å². The molecule has 2 aromatic rings. The molecule has 0 aliphatic rings. The molecule has 0 radical (unpaired) electrons. The summed E-state index contributed by atoms with van der Waals surface area (Å²) < 4.78 is 0. The lowest BCUT2D eigenvalue weighted by Gasteiger charge is -2.15. The first kappa shape index (κ1) is 14.4. The zero-order valence-electron chi connectivity index (χ0n) is 11.2. The monoisotopic (exact) mass is 287 g/mol. The van der Waals surface area contributed by atoms with E-state index in [2.05, 4.69) is 10.3 Å². The Morgan fingerprint density at radius 1 is 1.38 bits per heavy atom. The molecule has 0 bridgehead atoms. The molecule has 108 valence electrons. The second-order valence-electron chi connectivity index (χ2n) is 4.46. The van der Waals surface area contributed by atoms with Crippen LogP contribution in [0.1, 0.15) is 17.2 Å². The number of carbonyl (C=O) groups is 1. The predicted molar refractivity (Wildman–Crippen MR) is 76.1 cm³/mol. The number of aromatic nitrogens is 1. The van der Waals surface area contributed by atoms with Crippen LogP contribution in [-0.2, 0) is 4.79 Å². The van der Waals surface area contributed by atoms with E-state index in [0.717, 1.165) is 0 Å². The lowest BCUT2D eigenvalue weighted by Crippen LogP contribution is -2.21. The SMILES string of the molecule is Cc1cnc(NC(C(=O)O)c2ccccc2)c([N+](=O)[O-])c1. The highest BCUT2D eigenvalue weighted by Crippen LogP contribution is 2.27. The lowest BCUT2D eigenvalue weighted by molar-refractivity contribution is -0.384. The number of aryl methyl sites for hydroxylation is 1. The van der Waals surface area contributed by atoms with Crippen LogP contribution in [0, 0.1) is 17.0 Å². The molecule has 1 aromatic heterocycles. The molecular formula is C14H13N3O4. The molecule has 1 atom stereocenters. The first-order chi connectivity index (χ1) is 9.99. The van der Waals surface area contributed by atoms with E-state index in [-0.39, 0.29) is 11.5 Å². The van der Waals surface area contributed by atoms with Crippen LogP contribution in [0.5, 0.6) is 0 Å². The van der Waals surface area contributed by atoms with Crippen LogP contribution in [0.25, 0.3) is 0 Å². The molecule has 0 spiro atoms. The Morgan fingerprint density at radius 2 is 2.05 bits per heavy atom. The summed E-state index contributed by atoms with van der Waals surface area (Å²) >= 11 is 0. The lowest BCUT2D eigenvalue weighted by atomic mass is 10.1. The predicted octanol–water partition coefficient (Wildman–Crippen LogP) is 2.54. The van der Waals surface area contributed by atoms with Crippen molar-refractivity contribution in [1.82, 2.24) is 4.98 Å². The summed E-state index contributed by atoms with van der Waals surface area (Å²) in [5, 5.41) is 23.0. The number of carboxylic acids is 1. The van der Waals surface area contributed by atoms with E-state index in [9.17, 15) is 20.0 Å². The zero-order valence-corrected chi connectivity index (χ0v) is 11.2. The van der Waals surface area contributed by atoms with Gasteiger partial charge < -0.3 is 10.4 Å². The highest BCUT2D eigenvalue weighted by molar-refractivity contribution is 5.80. The van der Waals surface area contributed by atoms with Crippen molar-refractivity contribution in [2.24, 2.45) is 0 Å². The van der Waals surface area contributed by atoms with E-state index in [1.807, 2.05) is 0 Å². The zero-order chi connectivity index (χ0) is 15.4. The number of hydrogen-bond acceptors (Lipinski definition) is 5. The van der Waals surface area contributed by atoms with Crippen molar-refractivity contribution in [3.63, 3.8) is 0 Å². The van der Waals surface area contributed by atoms with Gasteiger partial charge in [-0.2, -0.15) is 0 Å². The van der Waals surface area contributed by atoms with E-state index < -0.39 is 16.9 Å². The van der Waals surface area contributed by atoms with E-state index in [0.29, 0.717) is 11.1 Å². The second kappa shape index (κ2) is 6.00. The number of hydrogen-bond donors (Lipinski definition) is 2. The number of anilines is 1.